The lowest BCUT2D eigenvalue weighted by Crippen LogP contribution is -2.45. The highest BCUT2D eigenvalue weighted by Gasteiger charge is 2.21. The first-order chi connectivity index (χ1) is 13.5. The van der Waals surface area contributed by atoms with E-state index in [-0.39, 0.29) is 4.48 Å². The molecule has 3 aromatic rings. The summed E-state index contributed by atoms with van der Waals surface area (Å²) in [6.45, 7) is 3.23. The number of quaternary nitrogens is 1. The minimum Gasteiger partial charge on any atom is -0.330 e. The number of rotatable bonds is 5. The molecule has 3 heteroatoms. The smallest absolute Gasteiger partial charge is 0.202 e. The van der Waals surface area contributed by atoms with E-state index < -0.39 is 14.0 Å². The molecule has 0 aliphatic carbocycles. The van der Waals surface area contributed by atoms with Gasteiger partial charge in [-0.3, -0.25) is 0 Å². The molecule has 0 aliphatic heterocycles. The molecule has 122 valence electrons. The molecule has 0 atom stereocenters. The molecule has 0 radical (unpaired) electrons. The van der Waals surface area contributed by atoms with Gasteiger partial charge in [-0.05, 0) is 19.9 Å². The number of fused-ring (bicyclic) bond motifs is 3. The van der Waals surface area contributed by atoms with Gasteiger partial charge in [-0.2, -0.15) is 0 Å². The highest BCUT2D eigenvalue weighted by atomic mass is 15.3. The number of pyridine rings is 1. The van der Waals surface area contributed by atoms with E-state index in [1.54, 1.807) is 6.20 Å². The van der Waals surface area contributed by atoms with Crippen LogP contribution >= 0.6 is 0 Å². The molecule has 0 bridgehead atoms. The summed E-state index contributed by atoms with van der Waals surface area (Å²) in [5, 5.41) is 2.03. The molecule has 0 saturated carbocycles. The van der Waals surface area contributed by atoms with Crippen LogP contribution < -0.4 is 4.57 Å². The van der Waals surface area contributed by atoms with Gasteiger partial charge in [0.2, 0.25) is 5.69 Å². The van der Waals surface area contributed by atoms with Crippen LogP contribution in [0.15, 0.2) is 36.5 Å². The van der Waals surface area contributed by atoms with Crippen molar-refractivity contribution in [3.8, 4) is 0 Å². The molecule has 0 unspecified atom stereocenters. The Morgan fingerprint density at radius 3 is 2.61 bits per heavy atom. The van der Waals surface area contributed by atoms with Gasteiger partial charge < -0.3 is 9.05 Å². The van der Waals surface area contributed by atoms with E-state index in [1.807, 2.05) is 51.1 Å². The van der Waals surface area contributed by atoms with Crippen LogP contribution in [0.1, 0.15) is 27.8 Å². The number of aryl methyl sites for hydroxylation is 2. The number of para-hydroxylation sites is 1. The summed E-state index contributed by atoms with van der Waals surface area (Å²) in [7, 11) is 0. The second-order valence-corrected chi connectivity index (χ2v) is 6.20. The summed E-state index contributed by atoms with van der Waals surface area (Å²) in [6.07, 6.45) is 1.61. The fourth-order valence-corrected chi connectivity index (χ4v) is 3.33. The zero-order valence-electron chi connectivity index (χ0n) is 20.1. The van der Waals surface area contributed by atoms with E-state index in [2.05, 4.69) is 4.57 Å². The maximum atomic E-state index is 8.07. The zero-order chi connectivity index (χ0) is 21.6. The van der Waals surface area contributed by atoms with Crippen molar-refractivity contribution in [1.82, 2.24) is 4.57 Å². The van der Waals surface area contributed by atoms with Gasteiger partial charge in [0.25, 0.3) is 0 Å². The van der Waals surface area contributed by atoms with E-state index in [9.17, 15) is 0 Å². The van der Waals surface area contributed by atoms with Crippen molar-refractivity contribution in [2.45, 2.75) is 27.3 Å². The number of nitrogens with zero attached hydrogens (tertiary/aromatic N) is 3. The Balaban J connectivity index is 2.22. The van der Waals surface area contributed by atoms with Crippen LogP contribution in [-0.4, -0.2) is 35.7 Å². The van der Waals surface area contributed by atoms with Crippen molar-refractivity contribution >= 4 is 21.8 Å². The fraction of sp³-hybridized carbons (Fsp3) is 0.450. The minimum absolute atomic E-state index is 0.0200. The summed E-state index contributed by atoms with van der Waals surface area (Å²) < 4.78 is 51.2. The molecule has 0 aliphatic rings. The van der Waals surface area contributed by atoms with Crippen molar-refractivity contribution in [2.24, 2.45) is 6.98 Å². The molecule has 1 aromatic carbocycles. The predicted molar refractivity (Wildman–Crippen MR) is 97.5 cm³/mol. The van der Waals surface area contributed by atoms with Crippen LogP contribution in [0.25, 0.3) is 21.8 Å². The molecule has 3 nitrogen and oxygen atoms in total. The van der Waals surface area contributed by atoms with Gasteiger partial charge in [-0.1, -0.05) is 18.2 Å². The van der Waals surface area contributed by atoms with E-state index in [1.165, 1.54) is 4.57 Å². The summed E-state index contributed by atoms with van der Waals surface area (Å²) in [5.74, 6) is 0. The molecule has 3 rings (SSSR count). The highest BCUT2D eigenvalue weighted by molar-refractivity contribution is 6.08. The van der Waals surface area contributed by atoms with Crippen LogP contribution in [-0.2, 0) is 13.5 Å². The Labute approximate surface area is 147 Å². The quantitative estimate of drug-likeness (QED) is 0.504. The van der Waals surface area contributed by atoms with Gasteiger partial charge in [0.05, 0.1) is 37.3 Å². The summed E-state index contributed by atoms with van der Waals surface area (Å²) in [4.78, 5) is 0. The van der Waals surface area contributed by atoms with Crippen molar-refractivity contribution in [3.05, 3.63) is 42.2 Å². The Morgan fingerprint density at radius 1 is 1.13 bits per heavy atom. The highest BCUT2D eigenvalue weighted by Crippen LogP contribution is 2.29. The Hall–Kier alpha value is -1.87. The van der Waals surface area contributed by atoms with Crippen LogP contribution in [0.3, 0.4) is 0 Å². The molecule has 0 fully saturated rings. The third-order valence-corrected chi connectivity index (χ3v) is 5.07. The van der Waals surface area contributed by atoms with Gasteiger partial charge >= 0.3 is 0 Å². The predicted octanol–water partition coefficient (Wildman–Crippen LogP) is 3.41. The number of likely N-dealkylation sites (N-methyl/N-ethyl adjacent to an activating group) is 1. The van der Waals surface area contributed by atoms with Gasteiger partial charge in [-0.25, -0.2) is 4.57 Å². The molecular weight excluding hydrogens is 282 g/mol. The number of benzene rings is 1. The van der Waals surface area contributed by atoms with Crippen molar-refractivity contribution < 1.29 is 17.3 Å². The van der Waals surface area contributed by atoms with Crippen molar-refractivity contribution in [1.29, 1.82) is 0 Å². The van der Waals surface area contributed by atoms with E-state index in [0.717, 1.165) is 21.8 Å². The average molecular weight is 318 g/mol. The third-order valence-electron chi connectivity index (χ3n) is 5.07. The van der Waals surface area contributed by atoms with Gasteiger partial charge in [-0.15, -0.1) is 0 Å². The molecule has 0 spiro atoms. The first kappa shape index (κ1) is 10.1. The summed E-state index contributed by atoms with van der Waals surface area (Å²) in [5.41, 5.74) is 2.49. The van der Waals surface area contributed by atoms with E-state index >= 15 is 0 Å². The lowest BCUT2D eigenvalue weighted by molar-refractivity contribution is -0.906. The molecule has 2 aromatic heterocycles. The number of hydrogen-bond donors (Lipinski definition) is 0. The number of hydrogen-bond acceptors (Lipinski definition) is 0. The molecule has 2 heterocycles. The van der Waals surface area contributed by atoms with Gasteiger partial charge in [0.1, 0.15) is 16.6 Å². The SMILES string of the molecule is [2H]C([2H])([2H])[n+]1ccc2c3ccccc3n(CC[N+](CC)(CC)C([2H])([2H])[2H])c2c1C. The first-order valence-electron chi connectivity index (χ1n) is 11.3. The first-order valence-corrected chi connectivity index (χ1v) is 8.25. The van der Waals surface area contributed by atoms with E-state index in [4.69, 9.17) is 8.22 Å². The van der Waals surface area contributed by atoms with Crippen molar-refractivity contribution in [2.75, 3.05) is 26.6 Å². The van der Waals surface area contributed by atoms with Crippen LogP contribution in [0, 0.1) is 6.92 Å². The third kappa shape index (κ3) is 2.63. The molecule has 23 heavy (non-hydrogen) atoms. The van der Waals surface area contributed by atoms with E-state index in [0.29, 0.717) is 31.9 Å². The lowest BCUT2D eigenvalue weighted by atomic mass is 10.2. The van der Waals surface area contributed by atoms with Crippen molar-refractivity contribution in [3.63, 3.8) is 0 Å². The standard InChI is InChI=1S/C20H29N3/c1-6-23(5,7-2)15-14-22-19-11-9-8-10-17(19)18-12-13-21(4)16(3)20(18)22/h8-13H,6-7,14-15H2,1-5H3/q+2/i4D3,5D3. The van der Waals surface area contributed by atoms with Gasteiger partial charge in [0, 0.05) is 29.3 Å². The molecular formula is C20H29N3+2. The zero-order valence-corrected chi connectivity index (χ0v) is 14.1. The Bertz CT molecular complexity index is 1030. The van der Waals surface area contributed by atoms with Crippen LogP contribution in [0.4, 0.5) is 0 Å². The largest absolute Gasteiger partial charge is 0.330 e. The summed E-state index contributed by atoms with van der Waals surface area (Å²) in [6, 6.07) is 9.80. The van der Waals surface area contributed by atoms with Crippen LogP contribution in [0.2, 0.25) is 0 Å². The lowest BCUT2D eigenvalue weighted by Gasteiger charge is -2.32. The second kappa shape index (κ2) is 5.97. The fourth-order valence-electron chi connectivity index (χ4n) is 3.33. The summed E-state index contributed by atoms with van der Waals surface area (Å²) >= 11 is 0. The average Bonchev–Trinajstić information content (AvgIpc) is 2.96. The molecule has 0 amide bonds. The monoisotopic (exact) mass is 317 g/mol. The maximum Gasteiger partial charge on any atom is 0.202 e. The van der Waals surface area contributed by atoms with Crippen LogP contribution in [0.5, 0.6) is 0 Å². The second-order valence-electron chi connectivity index (χ2n) is 6.20. The number of aromatic nitrogens is 2. The normalized spacial score (nSPS) is 17.3. The van der Waals surface area contributed by atoms with Gasteiger partial charge in [0.15, 0.2) is 6.20 Å². The Kier molecular flexibility index (Phi) is 2.62. The Morgan fingerprint density at radius 2 is 1.91 bits per heavy atom. The topological polar surface area (TPSA) is 8.81 Å². The molecule has 0 saturated heterocycles. The minimum atomic E-state index is -2.27. The molecule has 0 N–H and O–H groups in total. The maximum absolute atomic E-state index is 8.07.